The second kappa shape index (κ2) is 7.67. The highest BCUT2D eigenvalue weighted by molar-refractivity contribution is 6.69. The SMILES string of the molecule is C[Si](C)(C)O[C@]1(C#N)CCC=CCCC=CCCC1. The molecule has 2 nitrogen and oxygen atoms in total. The normalized spacial score (nSPS) is 26.2. The summed E-state index contributed by atoms with van der Waals surface area (Å²) in [5.74, 6) is 0. The molecule has 0 aromatic rings. The Morgan fingerprint density at radius 2 is 1.53 bits per heavy atom. The van der Waals surface area contributed by atoms with Gasteiger partial charge in [-0.05, 0) is 64.6 Å². The Labute approximate surface area is 119 Å². The van der Waals surface area contributed by atoms with Crippen LogP contribution in [-0.4, -0.2) is 13.9 Å². The van der Waals surface area contributed by atoms with Crippen LogP contribution in [0.25, 0.3) is 0 Å². The van der Waals surface area contributed by atoms with Gasteiger partial charge in [0.25, 0.3) is 0 Å². The Kier molecular flexibility index (Phi) is 6.54. The summed E-state index contributed by atoms with van der Waals surface area (Å²) in [5, 5.41) is 9.61. The van der Waals surface area contributed by atoms with Gasteiger partial charge in [0.15, 0.2) is 8.32 Å². The van der Waals surface area contributed by atoms with E-state index in [9.17, 15) is 5.26 Å². The fourth-order valence-corrected chi connectivity index (χ4v) is 3.86. The molecule has 0 aromatic heterocycles. The minimum atomic E-state index is -1.69. The van der Waals surface area contributed by atoms with E-state index in [0.29, 0.717) is 0 Å². The number of allylic oxidation sites excluding steroid dienone is 4. The smallest absolute Gasteiger partial charge is 0.185 e. The van der Waals surface area contributed by atoms with Crippen LogP contribution in [0.3, 0.4) is 0 Å². The van der Waals surface area contributed by atoms with Gasteiger partial charge in [-0.15, -0.1) is 0 Å². The minimum absolute atomic E-state index is 0.568. The average molecular weight is 277 g/mol. The van der Waals surface area contributed by atoms with Crippen molar-refractivity contribution in [3.63, 3.8) is 0 Å². The molecule has 0 aromatic carbocycles. The van der Waals surface area contributed by atoms with Crippen molar-refractivity contribution in [2.24, 2.45) is 0 Å². The number of hydrogen-bond donors (Lipinski definition) is 0. The van der Waals surface area contributed by atoms with Gasteiger partial charge in [-0.2, -0.15) is 5.26 Å². The molecule has 0 fully saturated rings. The van der Waals surface area contributed by atoms with Crippen molar-refractivity contribution in [1.82, 2.24) is 0 Å². The van der Waals surface area contributed by atoms with Crippen molar-refractivity contribution >= 4 is 8.32 Å². The first-order valence-corrected chi connectivity index (χ1v) is 10.8. The Bertz CT molecular complexity index is 362. The van der Waals surface area contributed by atoms with Crippen molar-refractivity contribution in [2.45, 2.75) is 70.2 Å². The number of hydrogen-bond acceptors (Lipinski definition) is 2. The Morgan fingerprint density at radius 3 is 2.11 bits per heavy atom. The largest absolute Gasteiger partial charge is 0.400 e. The van der Waals surface area contributed by atoms with Crippen LogP contribution in [0.15, 0.2) is 24.3 Å². The highest BCUT2D eigenvalue weighted by Gasteiger charge is 2.35. The maximum atomic E-state index is 9.61. The zero-order valence-electron chi connectivity index (χ0n) is 12.6. The van der Waals surface area contributed by atoms with E-state index < -0.39 is 13.9 Å². The Balaban J connectivity index is 2.76. The molecule has 1 atom stereocenters. The van der Waals surface area contributed by atoms with Gasteiger partial charge < -0.3 is 4.43 Å². The molecule has 0 spiro atoms. The molecule has 0 radical (unpaired) electrons. The van der Waals surface area contributed by atoms with Gasteiger partial charge in [0.2, 0.25) is 0 Å². The van der Waals surface area contributed by atoms with Crippen LogP contribution in [0.5, 0.6) is 0 Å². The second-order valence-electron chi connectivity index (χ2n) is 6.27. The molecule has 0 saturated carbocycles. The predicted molar refractivity (Wildman–Crippen MR) is 83.4 cm³/mol. The molecular formula is C16H27NOSi. The van der Waals surface area contributed by atoms with E-state index in [0.717, 1.165) is 44.9 Å². The first-order chi connectivity index (χ1) is 8.97. The molecule has 19 heavy (non-hydrogen) atoms. The Morgan fingerprint density at radius 1 is 0.947 bits per heavy atom. The van der Waals surface area contributed by atoms with Crippen LogP contribution in [0.1, 0.15) is 44.9 Å². The molecule has 1 rings (SSSR count). The fourth-order valence-electron chi connectivity index (χ4n) is 2.43. The van der Waals surface area contributed by atoms with Crippen molar-refractivity contribution in [2.75, 3.05) is 0 Å². The lowest BCUT2D eigenvalue weighted by Crippen LogP contribution is -2.41. The summed E-state index contributed by atoms with van der Waals surface area (Å²) in [7, 11) is -1.69. The van der Waals surface area contributed by atoms with Gasteiger partial charge in [-0.3, -0.25) is 0 Å². The van der Waals surface area contributed by atoms with Gasteiger partial charge in [0, 0.05) is 0 Å². The maximum absolute atomic E-state index is 9.61. The summed E-state index contributed by atoms with van der Waals surface area (Å²) in [5.41, 5.74) is -0.568. The van der Waals surface area contributed by atoms with Gasteiger partial charge in [-0.25, -0.2) is 0 Å². The summed E-state index contributed by atoms with van der Waals surface area (Å²) in [4.78, 5) is 0. The molecule has 0 heterocycles. The molecule has 1 aliphatic rings. The van der Waals surface area contributed by atoms with E-state index in [2.05, 4.69) is 50.0 Å². The average Bonchev–Trinajstić information content (AvgIpc) is 2.31. The predicted octanol–water partition coefficient (Wildman–Crippen LogP) is 4.96. The van der Waals surface area contributed by atoms with Crippen molar-refractivity contribution in [1.29, 1.82) is 5.26 Å². The highest BCUT2D eigenvalue weighted by atomic mass is 28.4. The zero-order valence-corrected chi connectivity index (χ0v) is 13.6. The number of rotatable bonds is 2. The standard InChI is InChI=1S/C16H27NOSi/c1-19(2,3)18-16(15-17)13-11-9-7-5-4-6-8-10-12-14-16/h5,7-8,10H,4,6,9,11-14H2,1-3H3/t16-/m0/s1. The topological polar surface area (TPSA) is 33.0 Å². The van der Waals surface area contributed by atoms with E-state index in [-0.39, 0.29) is 0 Å². The third-order valence-corrected chi connectivity index (χ3v) is 4.21. The first kappa shape index (κ1) is 16.2. The third kappa shape index (κ3) is 6.75. The van der Waals surface area contributed by atoms with Crippen LogP contribution in [0.4, 0.5) is 0 Å². The van der Waals surface area contributed by atoms with Crippen molar-refractivity contribution in [3.05, 3.63) is 24.3 Å². The molecule has 0 saturated heterocycles. The summed E-state index contributed by atoms with van der Waals surface area (Å²) in [6, 6.07) is 2.48. The molecular weight excluding hydrogens is 250 g/mol. The fraction of sp³-hybridized carbons (Fsp3) is 0.688. The van der Waals surface area contributed by atoms with Crippen LogP contribution < -0.4 is 0 Å². The third-order valence-electron chi connectivity index (χ3n) is 3.20. The van der Waals surface area contributed by atoms with Gasteiger partial charge in [0.05, 0.1) is 6.07 Å². The molecule has 1 aliphatic carbocycles. The molecule has 3 heteroatoms. The van der Waals surface area contributed by atoms with Crippen molar-refractivity contribution in [3.8, 4) is 6.07 Å². The highest BCUT2D eigenvalue weighted by Crippen LogP contribution is 2.29. The van der Waals surface area contributed by atoms with Gasteiger partial charge in [-0.1, -0.05) is 24.3 Å². The van der Waals surface area contributed by atoms with E-state index >= 15 is 0 Å². The van der Waals surface area contributed by atoms with Crippen molar-refractivity contribution < 1.29 is 4.43 Å². The quantitative estimate of drug-likeness (QED) is 0.528. The van der Waals surface area contributed by atoms with Crippen LogP contribution in [0, 0.1) is 11.3 Å². The number of nitriles is 1. The maximum Gasteiger partial charge on any atom is 0.185 e. The number of nitrogens with zero attached hydrogens (tertiary/aromatic N) is 1. The second-order valence-corrected chi connectivity index (χ2v) is 10.7. The molecule has 0 unspecified atom stereocenters. The van der Waals surface area contributed by atoms with E-state index in [1.54, 1.807) is 0 Å². The van der Waals surface area contributed by atoms with E-state index in [1.165, 1.54) is 0 Å². The van der Waals surface area contributed by atoms with Gasteiger partial charge >= 0.3 is 0 Å². The summed E-state index contributed by atoms with van der Waals surface area (Å²) >= 11 is 0. The molecule has 0 N–H and O–H groups in total. The van der Waals surface area contributed by atoms with Crippen LogP contribution in [0.2, 0.25) is 19.6 Å². The minimum Gasteiger partial charge on any atom is -0.400 e. The summed E-state index contributed by atoms with van der Waals surface area (Å²) in [6.07, 6.45) is 15.9. The van der Waals surface area contributed by atoms with Gasteiger partial charge in [0.1, 0.15) is 5.60 Å². The first-order valence-electron chi connectivity index (χ1n) is 7.39. The lowest BCUT2D eigenvalue weighted by atomic mass is 9.92. The molecule has 106 valence electrons. The molecule has 0 amide bonds. The van der Waals surface area contributed by atoms with E-state index in [1.807, 2.05) is 0 Å². The summed E-state index contributed by atoms with van der Waals surface area (Å²) < 4.78 is 6.24. The monoisotopic (exact) mass is 277 g/mol. The lowest BCUT2D eigenvalue weighted by molar-refractivity contribution is 0.0987. The van der Waals surface area contributed by atoms with E-state index in [4.69, 9.17) is 4.43 Å². The summed E-state index contributed by atoms with van der Waals surface area (Å²) in [6.45, 7) is 6.49. The molecule has 0 aliphatic heterocycles. The Hall–Kier alpha value is -0.853. The van der Waals surface area contributed by atoms with Crippen LogP contribution >= 0.6 is 0 Å². The lowest BCUT2D eigenvalue weighted by Gasteiger charge is -2.33. The zero-order chi connectivity index (χ0) is 14.2. The molecule has 0 bridgehead atoms. The van der Waals surface area contributed by atoms with Crippen LogP contribution in [-0.2, 0) is 4.43 Å².